The summed E-state index contributed by atoms with van der Waals surface area (Å²) < 4.78 is 17.6. The maximum atomic E-state index is 14.3. The van der Waals surface area contributed by atoms with Crippen LogP contribution in [0.5, 0.6) is 17.4 Å². The van der Waals surface area contributed by atoms with Gasteiger partial charge >= 0.3 is 0 Å². The number of amides is 2. The molecule has 5 aromatic rings. The van der Waals surface area contributed by atoms with Gasteiger partial charge in [0.25, 0.3) is 5.88 Å². The molecule has 5 atom stereocenters. The summed E-state index contributed by atoms with van der Waals surface area (Å²) in [4.78, 5) is 42.6. The number of likely N-dealkylation sites (tertiary alicyclic amines) is 2. The third-order valence-electron chi connectivity index (χ3n) is 13.9. The number of nitrogens with one attached hydrogen (secondary N) is 2. The maximum Gasteiger partial charge on any atom is 0.254 e. The molecule has 0 bridgehead atoms. The summed E-state index contributed by atoms with van der Waals surface area (Å²) in [7, 11) is 1.60. The van der Waals surface area contributed by atoms with Gasteiger partial charge in [-0.15, -0.1) is 21.5 Å². The smallest absolute Gasteiger partial charge is 0.254 e. The Kier molecular flexibility index (Phi) is 13.9. The van der Waals surface area contributed by atoms with Crippen LogP contribution in [-0.2, 0) is 9.59 Å². The molecule has 2 amide bonds. The number of phenolic OH excluding ortho intramolecular Hbond substituents is 1. The molecule has 2 unspecified atom stereocenters. The number of piperazine rings is 1. The van der Waals surface area contributed by atoms with Crippen molar-refractivity contribution in [2.24, 2.45) is 11.8 Å². The van der Waals surface area contributed by atoms with Gasteiger partial charge in [-0.2, -0.15) is 0 Å². The van der Waals surface area contributed by atoms with Crippen molar-refractivity contribution >= 4 is 34.7 Å². The summed E-state index contributed by atoms with van der Waals surface area (Å²) >= 11 is 1.56. The fourth-order valence-electron chi connectivity index (χ4n) is 10.3. The lowest BCUT2D eigenvalue weighted by Crippen LogP contribution is -2.58. The number of hydrogen-bond donors (Lipinski definition) is 4. The van der Waals surface area contributed by atoms with Crippen molar-refractivity contribution in [1.82, 2.24) is 40.4 Å². The normalized spacial score (nSPS) is 21.1. The molecule has 0 spiro atoms. The molecule has 4 N–H and O–H groups in total. The molecule has 3 aromatic heterocycles. The number of carbonyl (C=O) groups is 2. The van der Waals surface area contributed by atoms with Gasteiger partial charge in [0.05, 0.1) is 52.8 Å². The van der Waals surface area contributed by atoms with Crippen LogP contribution in [0.3, 0.4) is 0 Å². The molecule has 4 aliphatic rings. The van der Waals surface area contributed by atoms with Crippen molar-refractivity contribution in [1.29, 1.82) is 0 Å². The molecule has 0 saturated carbocycles. The van der Waals surface area contributed by atoms with E-state index in [4.69, 9.17) is 14.0 Å². The zero-order valence-corrected chi connectivity index (χ0v) is 39.7. The Balaban J connectivity index is 0.735. The Labute approximate surface area is 395 Å². The number of rotatable bonds is 15. The Morgan fingerprint density at radius 3 is 2.60 bits per heavy atom. The third-order valence-corrected chi connectivity index (χ3v) is 14.9. The topological polar surface area (TPSA) is 195 Å². The van der Waals surface area contributed by atoms with Crippen molar-refractivity contribution in [2.75, 3.05) is 82.8 Å². The molecule has 3 saturated heterocycles. The van der Waals surface area contributed by atoms with Gasteiger partial charge in [-0.1, -0.05) is 38.1 Å². The van der Waals surface area contributed by atoms with Gasteiger partial charge in [0.2, 0.25) is 11.8 Å². The predicted octanol–water partition coefficient (Wildman–Crippen LogP) is 5.56. The number of aromatic nitrogens is 4. The van der Waals surface area contributed by atoms with E-state index in [9.17, 15) is 19.8 Å². The summed E-state index contributed by atoms with van der Waals surface area (Å²) in [5.41, 5.74) is 6.93. The first-order valence-corrected chi connectivity index (χ1v) is 24.4. The van der Waals surface area contributed by atoms with Crippen LogP contribution in [0.1, 0.15) is 69.0 Å². The molecule has 0 radical (unpaired) electrons. The number of nitrogens with zero attached hydrogens (tertiary/aromatic N) is 8. The number of carbonyl (C=O) groups excluding carboxylic acids is 2. The van der Waals surface area contributed by atoms with Gasteiger partial charge in [0.15, 0.2) is 11.6 Å². The second kappa shape index (κ2) is 20.2. The lowest BCUT2D eigenvalue weighted by atomic mass is 9.91. The molecule has 67 heavy (non-hydrogen) atoms. The third kappa shape index (κ3) is 10.1. The minimum atomic E-state index is -0.862. The van der Waals surface area contributed by atoms with E-state index >= 15 is 0 Å². The number of piperidine rings is 1. The maximum absolute atomic E-state index is 14.3. The van der Waals surface area contributed by atoms with Gasteiger partial charge in [0.1, 0.15) is 30.1 Å². The van der Waals surface area contributed by atoms with E-state index in [-0.39, 0.29) is 36.4 Å². The van der Waals surface area contributed by atoms with Crippen LogP contribution in [-0.4, -0.2) is 148 Å². The molecule has 18 heteroatoms. The first-order valence-electron chi connectivity index (χ1n) is 23.5. The average Bonchev–Trinajstić information content (AvgIpc) is 4.09. The van der Waals surface area contributed by atoms with Crippen LogP contribution >= 0.6 is 11.3 Å². The molecule has 3 fully saturated rings. The lowest BCUT2D eigenvalue weighted by molar-refractivity contribution is -0.141. The molecule has 7 heterocycles. The van der Waals surface area contributed by atoms with E-state index in [2.05, 4.69) is 45.7 Å². The van der Waals surface area contributed by atoms with Crippen molar-refractivity contribution in [3.05, 3.63) is 77.1 Å². The van der Waals surface area contributed by atoms with Crippen molar-refractivity contribution in [3.63, 3.8) is 0 Å². The van der Waals surface area contributed by atoms with Crippen LogP contribution in [0.4, 0.5) is 11.5 Å². The Bertz CT molecular complexity index is 2530. The number of aryl methyl sites for hydroxylation is 1. The number of β-amino-alcohol motifs (C(OH)–C–C–N with tert-alkyl or cyclic N) is 1. The van der Waals surface area contributed by atoms with Crippen molar-refractivity contribution in [3.8, 4) is 39.1 Å². The van der Waals surface area contributed by atoms with Crippen LogP contribution in [0, 0.1) is 18.8 Å². The zero-order valence-electron chi connectivity index (χ0n) is 38.9. The van der Waals surface area contributed by atoms with E-state index in [1.165, 1.54) is 4.90 Å². The number of fused-ring (bicyclic) bond motifs is 3. The van der Waals surface area contributed by atoms with Crippen molar-refractivity contribution in [2.45, 2.75) is 77.1 Å². The minimum absolute atomic E-state index is 0.0399. The summed E-state index contributed by atoms with van der Waals surface area (Å²) in [6, 6.07) is 15.9. The number of phenols is 1. The zero-order chi connectivity index (χ0) is 46.8. The van der Waals surface area contributed by atoms with Crippen molar-refractivity contribution < 1.29 is 33.8 Å². The molecular weight excluding hydrogens is 873 g/mol. The van der Waals surface area contributed by atoms with E-state index in [0.717, 1.165) is 98.4 Å². The summed E-state index contributed by atoms with van der Waals surface area (Å²) in [5.74, 6) is 1.38. The van der Waals surface area contributed by atoms with Gasteiger partial charge in [0, 0.05) is 69.4 Å². The fourth-order valence-corrected chi connectivity index (χ4v) is 11.1. The molecule has 17 nitrogen and oxygen atoms in total. The minimum Gasteiger partial charge on any atom is -0.507 e. The number of aliphatic hydroxyl groups is 1. The summed E-state index contributed by atoms with van der Waals surface area (Å²) in [5, 5.41) is 40.8. The molecule has 9 rings (SSSR count). The van der Waals surface area contributed by atoms with E-state index < -0.39 is 24.1 Å². The molecule has 2 aromatic carbocycles. The second-order valence-electron chi connectivity index (χ2n) is 18.7. The average molecular weight is 935 g/mol. The first-order chi connectivity index (χ1) is 32.4. The van der Waals surface area contributed by atoms with Gasteiger partial charge < -0.3 is 44.6 Å². The molecule has 356 valence electrons. The van der Waals surface area contributed by atoms with E-state index in [1.807, 2.05) is 75.7 Å². The predicted molar refractivity (Wildman–Crippen MR) is 255 cm³/mol. The number of thiazole rings is 1. The van der Waals surface area contributed by atoms with Gasteiger partial charge in [-0.25, -0.2) is 4.98 Å². The highest BCUT2D eigenvalue weighted by Gasteiger charge is 2.44. The SMILES string of the molecule is COc1cc(-c2scnc2C)ccc1C(C)NC(=O)[C@@H]1C[C@@H](O)CN1C(=O)C(c1cc(OCCN2CCC(CN3CCN4c5cc(-c6ccccc6O)nnc5NC[C@H]4C3)CC2)no1)C(C)C. The number of aromatic hydroxyl groups is 1. The highest BCUT2D eigenvalue weighted by molar-refractivity contribution is 7.13. The Morgan fingerprint density at radius 2 is 1.84 bits per heavy atom. The fraction of sp³-hybridized carbons (Fsp3) is 0.510. The Hall–Kier alpha value is -5.82. The number of para-hydroxylation sites is 1. The Morgan fingerprint density at radius 1 is 1.01 bits per heavy atom. The van der Waals surface area contributed by atoms with E-state index in [0.29, 0.717) is 47.2 Å². The second-order valence-corrected chi connectivity index (χ2v) is 19.6. The molecular formula is C49H62N10O7S. The van der Waals surface area contributed by atoms with Gasteiger partial charge in [-0.3, -0.25) is 19.4 Å². The highest BCUT2D eigenvalue weighted by atomic mass is 32.1. The number of ether oxygens (including phenoxy) is 2. The number of aliphatic hydroxyl groups excluding tert-OH is 1. The number of anilines is 2. The van der Waals surface area contributed by atoms with E-state index in [1.54, 1.807) is 30.6 Å². The first kappa shape index (κ1) is 46.3. The number of methoxy groups -OCH3 is 1. The van der Waals surface area contributed by atoms with Gasteiger partial charge in [-0.05, 0) is 86.6 Å². The quantitative estimate of drug-likeness (QED) is 0.102. The van der Waals surface area contributed by atoms with Crippen LogP contribution in [0.15, 0.2) is 64.6 Å². The number of hydrogen-bond acceptors (Lipinski definition) is 16. The highest BCUT2D eigenvalue weighted by Crippen LogP contribution is 2.38. The van der Waals surface area contributed by atoms with Crippen LogP contribution < -0.4 is 25.0 Å². The largest absolute Gasteiger partial charge is 0.507 e. The van der Waals surface area contributed by atoms with Crippen LogP contribution in [0.2, 0.25) is 0 Å². The molecule has 0 aliphatic carbocycles. The summed E-state index contributed by atoms with van der Waals surface area (Å²) in [6.45, 7) is 15.7. The van der Waals surface area contributed by atoms with Crippen LogP contribution in [0.25, 0.3) is 21.7 Å². The summed E-state index contributed by atoms with van der Waals surface area (Å²) in [6.07, 6.45) is 1.53. The monoisotopic (exact) mass is 934 g/mol. The molecule has 4 aliphatic heterocycles. The number of benzene rings is 2. The standard InChI is InChI=1S/C49H62N10O7S/c1-29(2)45(49(63)59-27-35(60)21-40(59)48(62)52-30(3)36-11-10-33(20-42(36)64-5)46-31(4)51-28-67-46)43-23-44(55-66-43)65-19-18-56-14-12-32(13-15-56)25-57-16-17-58-34(26-57)24-50-47-39(58)22-38(53-54-47)37-8-6-7-9-41(37)61/h6-11,20,22-23,28-30,32,34-35,40,45,60-61H,12-19,21,24-27H2,1-5H3,(H,50,54)(H,52,62)/t30?,34-,35+,40-,45?/m0/s1. The lowest BCUT2D eigenvalue weighted by Gasteiger charge is -2.47.